The van der Waals surface area contributed by atoms with Gasteiger partial charge in [-0.25, -0.2) is 18.0 Å². The summed E-state index contributed by atoms with van der Waals surface area (Å²) >= 11 is 0. The van der Waals surface area contributed by atoms with Crippen LogP contribution in [0.3, 0.4) is 0 Å². The minimum Gasteiger partial charge on any atom is -0.420 e. The molecular weight excluding hydrogens is 501 g/mol. The van der Waals surface area contributed by atoms with E-state index in [4.69, 9.17) is 4.74 Å². The predicted molar refractivity (Wildman–Crippen MR) is 124 cm³/mol. The van der Waals surface area contributed by atoms with Crippen molar-refractivity contribution in [3.8, 4) is 16.9 Å². The van der Waals surface area contributed by atoms with E-state index in [1.165, 1.54) is 18.2 Å². The molecule has 0 heterocycles. The molecule has 37 heavy (non-hydrogen) atoms. The number of hydrogen-bond acceptors (Lipinski definition) is 2. The maximum atomic E-state index is 15.3. The third kappa shape index (κ3) is 4.38. The summed E-state index contributed by atoms with van der Waals surface area (Å²) < 4.78 is 110. The molecule has 1 aliphatic rings. The monoisotopic (exact) mass is 524 g/mol. The quantitative estimate of drug-likeness (QED) is 0.176. The third-order valence-electron chi connectivity index (χ3n) is 6.45. The van der Waals surface area contributed by atoms with Crippen LogP contribution in [0, 0.1) is 17.5 Å². The molecule has 3 aromatic carbocycles. The molecule has 0 spiro atoms. The second-order valence-corrected chi connectivity index (χ2v) is 8.96. The zero-order valence-corrected chi connectivity index (χ0v) is 20.0. The number of aryl methyl sites for hydroxylation is 2. The van der Waals surface area contributed by atoms with Gasteiger partial charge in [-0.1, -0.05) is 44.9 Å². The average molecular weight is 524 g/mol. The predicted octanol–water partition coefficient (Wildman–Crippen LogP) is 8.48. The Labute approximate surface area is 209 Å². The van der Waals surface area contributed by atoms with E-state index < -0.39 is 63.3 Å². The van der Waals surface area contributed by atoms with Crippen LogP contribution in [-0.4, -0.2) is 5.97 Å². The van der Waals surface area contributed by atoms with Gasteiger partial charge in [0.25, 0.3) is 0 Å². The lowest BCUT2D eigenvalue weighted by Gasteiger charge is -2.35. The second kappa shape index (κ2) is 9.84. The van der Waals surface area contributed by atoms with Crippen LogP contribution in [-0.2, 0) is 24.7 Å². The fraction of sp³-hybridized carbons (Fsp3) is 0.321. The highest BCUT2D eigenvalue weighted by Gasteiger charge is 2.65. The fourth-order valence-electron chi connectivity index (χ4n) is 4.50. The van der Waals surface area contributed by atoms with E-state index in [2.05, 4.69) is 0 Å². The Morgan fingerprint density at radius 2 is 1.35 bits per heavy atom. The van der Waals surface area contributed by atoms with Crippen molar-refractivity contribution in [2.45, 2.75) is 57.8 Å². The normalized spacial score (nSPS) is 15.2. The van der Waals surface area contributed by atoms with Crippen molar-refractivity contribution in [2.24, 2.45) is 0 Å². The van der Waals surface area contributed by atoms with Gasteiger partial charge in [-0.2, -0.15) is 17.6 Å². The van der Waals surface area contributed by atoms with E-state index >= 15 is 22.0 Å². The number of alkyl halides is 4. The molecule has 196 valence electrons. The van der Waals surface area contributed by atoms with E-state index in [-0.39, 0.29) is 17.5 Å². The largest absolute Gasteiger partial charge is 0.420 e. The zero-order chi connectivity index (χ0) is 27.1. The number of halogens is 7. The van der Waals surface area contributed by atoms with Gasteiger partial charge >= 0.3 is 17.8 Å². The van der Waals surface area contributed by atoms with Gasteiger partial charge in [-0.3, -0.25) is 0 Å². The van der Waals surface area contributed by atoms with Crippen molar-refractivity contribution in [1.29, 1.82) is 0 Å². The molecule has 0 aliphatic heterocycles. The molecule has 0 N–H and O–H groups in total. The van der Waals surface area contributed by atoms with Gasteiger partial charge in [0.2, 0.25) is 0 Å². The highest BCUT2D eigenvalue weighted by Crippen LogP contribution is 2.60. The maximum Gasteiger partial charge on any atom is 0.343 e. The lowest BCUT2D eigenvalue weighted by Crippen LogP contribution is -2.41. The SMILES string of the molecule is CCCCc1ccc(C(=O)Oc2ccc3c(c2F)C(F)(F)C(F)(F)c2c-3ccc(CCC)c2F)cc1F. The summed E-state index contributed by atoms with van der Waals surface area (Å²) in [7, 11) is 0. The van der Waals surface area contributed by atoms with Crippen LogP contribution in [0.25, 0.3) is 11.1 Å². The Hall–Kier alpha value is -3.36. The summed E-state index contributed by atoms with van der Waals surface area (Å²) in [5.41, 5.74) is -4.55. The van der Waals surface area contributed by atoms with Gasteiger partial charge in [-0.15, -0.1) is 0 Å². The van der Waals surface area contributed by atoms with Crippen LogP contribution >= 0.6 is 0 Å². The summed E-state index contributed by atoms with van der Waals surface area (Å²) in [5, 5.41) is 0. The van der Waals surface area contributed by atoms with Crippen LogP contribution in [0.2, 0.25) is 0 Å². The first-order valence-electron chi connectivity index (χ1n) is 11.9. The lowest BCUT2D eigenvalue weighted by atomic mass is 9.79. The van der Waals surface area contributed by atoms with Crippen LogP contribution in [0.4, 0.5) is 30.7 Å². The molecule has 0 unspecified atom stereocenters. The smallest absolute Gasteiger partial charge is 0.343 e. The van der Waals surface area contributed by atoms with Gasteiger partial charge in [0.05, 0.1) is 16.7 Å². The Balaban J connectivity index is 1.76. The minimum atomic E-state index is -5.15. The molecule has 0 radical (unpaired) electrons. The number of esters is 1. The molecule has 9 heteroatoms. The Morgan fingerprint density at radius 3 is 1.95 bits per heavy atom. The van der Waals surface area contributed by atoms with Crippen molar-refractivity contribution in [2.75, 3.05) is 0 Å². The number of fused-ring (bicyclic) bond motifs is 3. The van der Waals surface area contributed by atoms with Crippen molar-refractivity contribution in [1.82, 2.24) is 0 Å². The van der Waals surface area contributed by atoms with Gasteiger partial charge in [0.1, 0.15) is 11.6 Å². The molecule has 0 aromatic heterocycles. The molecule has 0 saturated heterocycles. The minimum absolute atomic E-state index is 0.0526. The maximum absolute atomic E-state index is 15.3. The van der Waals surface area contributed by atoms with Crippen molar-refractivity contribution in [3.05, 3.63) is 87.7 Å². The van der Waals surface area contributed by atoms with Crippen molar-refractivity contribution < 1.29 is 40.3 Å². The van der Waals surface area contributed by atoms with E-state index in [0.29, 0.717) is 24.8 Å². The van der Waals surface area contributed by atoms with Crippen LogP contribution in [0.1, 0.15) is 65.7 Å². The van der Waals surface area contributed by atoms with Crippen molar-refractivity contribution >= 4 is 5.97 Å². The van der Waals surface area contributed by atoms with Crippen LogP contribution in [0.5, 0.6) is 5.75 Å². The number of rotatable bonds is 7. The number of benzene rings is 3. The molecule has 0 bridgehead atoms. The number of carbonyl (C=O) groups is 1. The number of ether oxygens (including phenoxy) is 1. The first kappa shape index (κ1) is 26.7. The molecular formula is C28H23F7O2. The van der Waals surface area contributed by atoms with Gasteiger partial charge < -0.3 is 4.74 Å². The summed E-state index contributed by atoms with van der Waals surface area (Å²) in [6, 6.07) is 7.42. The zero-order valence-electron chi connectivity index (χ0n) is 20.0. The Bertz CT molecular complexity index is 1370. The molecule has 3 aromatic rings. The Morgan fingerprint density at radius 1 is 0.757 bits per heavy atom. The lowest BCUT2D eigenvalue weighted by molar-refractivity contribution is -0.227. The highest BCUT2D eigenvalue weighted by atomic mass is 19.3. The number of hydrogen-bond donors (Lipinski definition) is 0. The van der Waals surface area contributed by atoms with Gasteiger partial charge in [0, 0.05) is 0 Å². The molecule has 2 nitrogen and oxygen atoms in total. The highest BCUT2D eigenvalue weighted by molar-refractivity contribution is 5.91. The van der Waals surface area contributed by atoms with Gasteiger partial charge in [-0.05, 0) is 65.8 Å². The van der Waals surface area contributed by atoms with Crippen molar-refractivity contribution in [3.63, 3.8) is 0 Å². The summed E-state index contributed by atoms with van der Waals surface area (Å²) in [6.07, 6.45) is 2.41. The second-order valence-electron chi connectivity index (χ2n) is 8.96. The standard InChI is InChI=1S/C28H23F7O2/c1-3-5-7-15-8-9-17(14-20(15)29)26(36)37-21-13-12-19-18-11-10-16(6-4-2)24(30)22(18)27(32,33)28(34,35)23(19)25(21)31/h8-14H,3-7H2,1-2H3. The summed E-state index contributed by atoms with van der Waals surface area (Å²) in [5.74, 6) is -16.6. The number of unbranched alkanes of at least 4 members (excludes halogenated alkanes) is 1. The number of carbonyl (C=O) groups excluding carboxylic acids is 1. The first-order valence-corrected chi connectivity index (χ1v) is 11.9. The van der Waals surface area contributed by atoms with Crippen LogP contribution in [0.15, 0.2) is 42.5 Å². The summed E-state index contributed by atoms with van der Waals surface area (Å²) in [4.78, 5) is 12.5. The summed E-state index contributed by atoms with van der Waals surface area (Å²) in [6.45, 7) is 3.60. The van der Waals surface area contributed by atoms with Gasteiger partial charge in [0.15, 0.2) is 11.6 Å². The van der Waals surface area contributed by atoms with Crippen LogP contribution < -0.4 is 4.74 Å². The fourth-order valence-corrected chi connectivity index (χ4v) is 4.50. The topological polar surface area (TPSA) is 26.3 Å². The molecule has 0 amide bonds. The average Bonchev–Trinajstić information content (AvgIpc) is 2.84. The van der Waals surface area contributed by atoms with E-state index in [1.807, 2.05) is 6.92 Å². The molecule has 0 atom stereocenters. The van der Waals surface area contributed by atoms with E-state index in [9.17, 15) is 13.6 Å². The molecule has 0 fully saturated rings. The Kier molecular flexibility index (Phi) is 7.10. The molecule has 4 rings (SSSR count). The van der Waals surface area contributed by atoms with E-state index in [1.54, 1.807) is 6.92 Å². The third-order valence-corrected chi connectivity index (χ3v) is 6.45. The molecule has 0 saturated carbocycles. The molecule has 1 aliphatic carbocycles. The first-order chi connectivity index (χ1) is 17.4. The van der Waals surface area contributed by atoms with E-state index in [0.717, 1.165) is 30.7 Å².